The standard InChI is InChI=1S/C28H17Cl2N3O4S3/c1-14-2-10-22-24(25(14)40(35,36)37)39-28(33-22)17-6-11-21-23(13-17)38-27(32-21)15-3-7-18(8-4-15)31-26(34)16-5-9-19(29)20(30)12-16/h2-13H,1H3,(H,31,34)(H,35,36,37). The van der Waals surface area contributed by atoms with Crippen molar-refractivity contribution >= 4 is 88.0 Å². The molecule has 0 fully saturated rings. The highest BCUT2D eigenvalue weighted by Crippen LogP contribution is 2.38. The summed E-state index contributed by atoms with van der Waals surface area (Å²) in [6.07, 6.45) is 0. The zero-order valence-corrected chi connectivity index (χ0v) is 24.4. The zero-order valence-electron chi connectivity index (χ0n) is 20.5. The number of hydrogen-bond donors (Lipinski definition) is 2. The van der Waals surface area contributed by atoms with E-state index in [9.17, 15) is 17.8 Å². The highest BCUT2D eigenvalue weighted by Gasteiger charge is 2.21. The van der Waals surface area contributed by atoms with E-state index in [4.69, 9.17) is 28.2 Å². The summed E-state index contributed by atoms with van der Waals surface area (Å²) in [5, 5.41) is 4.99. The molecule has 6 aromatic rings. The van der Waals surface area contributed by atoms with Crippen LogP contribution in [0.15, 0.2) is 77.7 Å². The average Bonchev–Trinajstić information content (AvgIpc) is 3.53. The Hall–Kier alpha value is -3.38. The topological polar surface area (TPSA) is 109 Å². The number of carbonyl (C=O) groups excluding carboxylic acids is 1. The molecule has 0 aliphatic heterocycles. The highest BCUT2D eigenvalue weighted by molar-refractivity contribution is 7.86. The number of anilines is 1. The average molecular weight is 627 g/mol. The minimum absolute atomic E-state index is 0.105. The van der Waals surface area contributed by atoms with Crippen LogP contribution in [-0.4, -0.2) is 28.8 Å². The Labute approximate surface area is 246 Å². The molecule has 200 valence electrons. The van der Waals surface area contributed by atoms with Gasteiger partial charge in [0.15, 0.2) is 0 Å². The number of benzene rings is 4. The maximum Gasteiger partial charge on any atom is 0.296 e. The summed E-state index contributed by atoms with van der Waals surface area (Å²) in [5.41, 5.74) is 4.53. The first kappa shape index (κ1) is 26.8. The Morgan fingerprint density at radius 3 is 2.23 bits per heavy atom. The molecule has 1 amide bonds. The van der Waals surface area contributed by atoms with Crippen molar-refractivity contribution in [2.24, 2.45) is 0 Å². The summed E-state index contributed by atoms with van der Waals surface area (Å²) in [7, 11) is -4.39. The third-order valence-corrected chi connectivity index (χ3v) is 10.3. The molecule has 2 N–H and O–H groups in total. The lowest BCUT2D eigenvalue weighted by molar-refractivity contribution is 0.102. The third-order valence-electron chi connectivity index (χ3n) is 6.17. The van der Waals surface area contributed by atoms with Crippen LogP contribution < -0.4 is 5.32 Å². The second-order valence-corrected chi connectivity index (χ2v) is 13.1. The van der Waals surface area contributed by atoms with Gasteiger partial charge in [-0.25, -0.2) is 9.97 Å². The van der Waals surface area contributed by atoms with E-state index in [-0.39, 0.29) is 10.8 Å². The Bertz CT molecular complexity index is 2070. The van der Waals surface area contributed by atoms with Gasteiger partial charge in [0.25, 0.3) is 16.0 Å². The first-order valence-corrected chi connectivity index (χ1v) is 15.6. The predicted molar refractivity (Wildman–Crippen MR) is 163 cm³/mol. The van der Waals surface area contributed by atoms with E-state index in [0.717, 1.165) is 26.4 Å². The molecule has 0 aliphatic carbocycles. The van der Waals surface area contributed by atoms with Crippen molar-refractivity contribution in [1.82, 2.24) is 9.97 Å². The lowest BCUT2D eigenvalue weighted by atomic mass is 10.2. The number of amides is 1. The Morgan fingerprint density at radius 1 is 0.825 bits per heavy atom. The quantitative estimate of drug-likeness (QED) is 0.186. The summed E-state index contributed by atoms with van der Waals surface area (Å²) in [6.45, 7) is 1.64. The van der Waals surface area contributed by atoms with Crippen LogP contribution in [0.4, 0.5) is 5.69 Å². The summed E-state index contributed by atoms with van der Waals surface area (Å²) in [6, 6.07) is 21.2. The van der Waals surface area contributed by atoms with Gasteiger partial charge in [0.2, 0.25) is 0 Å². The molecule has 0 atom stereocenters. The first-order valence-electron chi connectivity index (χ1n) is 11.7. The summed E-state index contributed by atoms with van der Waals surface area (Å²) < 4.78 is 35.1. The summed E-state index contributed by atoms with van der Waals surface area (Å²) in [4.78, 5) is 21.8. The van der Waals surface area contributed by atoms with Crippen molar-refractivity contribution in [2.75, 3.05) is 5.32 Å². The van der Waals surface area contributed by atoms with Crippen LogP contribution in [0.1, 0.15) is 15.9 Å². The van der Waals surface area contributed by atoms with E-state index in [0.29, 0.717) is 42.1 Å². The molecule has 0 radical (unpaired) electrons. The van der Waals surface area contributed by atoms with Gasteiger partial charge in [0.05, 0.1) is 30.5 Å². The van der Waals surface area contributed by atoms with Gasteiger partial charge in [-0.15, -0.1) is 22.7 Å². The largest absolute Gasteiger partial charge is 0.322 e. The number of carbonyl (C=O) groups is 1. The Morgan fingerprint density at radius 2 is 1.50 bits per heavy atom. The Kier molecular flexibility index (Phi) is 6.86. The summed E-state index contributed by atoms with van der Waals surface area (Å²) >= 11 is 14.7. The lowest BCUT2D eigenvalue weighted by Gasteiger charge is -2.07. The van der Waals surface area contributed by atoms with Gasteiger partial charge in [-0.3, -0.25) is 9.35 Å². The molecule has 2 heterocycles. The normalized spacial score (nSPS) is 11.8. The number of thiazole rings is 2. The zero-order chi connectivity index (χ0) is 28.2. The second-order valence-electron chi connectivity index (χ2n) is 8.92. The van der Waals surface area contributed by atoms with Crippen LogP contribution in [0.25, 0.3) is 41.6 Å². The van der Waals surface area contributed by atoms with Crippen LogP contribution in [0.5, 0.6) is 0 Å². The van der Waals surface area contributed by atoms with Gasteiger partial charge in [-0.2, -0.15) is 8.42 Å². The fraction of sp³-hybridized carbons (Fsp3) is 0.0357. The number of halogens is 2. The predicted octanol–water partition coefficient (Wildman–Crippen LogP) is 8.35. The van der Waals surface area contributed by atoms with E-state index in [2.05, 4.69) is 10.3 Å². The van der Waals surface area contributed by atoms with Gasteiger partial charge in [0, 0.05) is 22.4 Å². The van der Waals surface area contributed by atoms with Crippen molar-refractivity contribution in [2.45, 2.75) is 11.8 Å². The van der Waals surface area contributed by atoms with Crippen molar-refractivity contribution in [3.8, 4) is 21.1 Å². The van der Waals surface area contributed by atoms with E-state index >= 15 is 0 Å². The van der Waals surface area contributed by atoms with E-state index in [1.807, 2.05) is 30.3 Å². The number of nitrogens with zero attached hydrogens (tertiary/aromatic N) is 2. The molecule has 6 rings (SSSR count). The molecule has 0 bridgehead atoms. The fourth-order valence-corrected chi connectivity index (χ4v) is 7.85. The van der Waals surface area contributed by atoms with Crippen molar-refractivity contribution in [3.63, 3.8) is 0 Å². The molecule has 0 saturated heterocycles. The minimum atomic E-state index is -4.39. The minimum Gasteiger partial charge on any atom is -0.322 e. The maximum absolute atomic E-state index is 12.6. The first-order chi connectivity index (χ1) is 19.1. The molecule has 4 aromatic carbocycles. The van der Waals surface area contributed by atoms with Crippen LogP contribution in [0.3, 0.4) is 0 Å². The molecular formula is C28H17Cl2N3O4S3. The number of hydrogen-bond acceptors (Lipinski definition) is 7. The monoisotopic (exact) mass is 625 g/mol. The van der Waals surface area contributed by atoms with E-state index in [1.54, 1.807) is 43.3 Å². The number of rotatable bonds is 5. The molecule has 0 saturated carbocycles. The molecule has 0 spiro atoms. The van der Waals surface area contributed by atoms with Crippen molar-refractivity contribution in [1.29, 1.82) is 0 Å². The van der Waals surface area contributed by atoms with E-state index in [1.165, 1.54) is 28.7 Å². The van der Waals surface area contributed by atoms with Gasteiger partial charge >= 0.3 is 0 Å². The maximum atomic E-state index is 12.6. The van der Waals surface area contributed by atoms with E-state index < -0.39 is 10.1 Å². The highest BCUT2D eigenvalue weighted by atomic mass is 35.5. The van der Waals surface area contributed by atoms with Crippen LogP contribution >= 0.6 is 45.9 Å². The molecular weight excluding hydrogens is 609 g/mol. The molecule has 2 aromatic heterocycles. The number of aryl methyl sites for hydroxylation is 1. The third kappa shape index (κ3) is 5.10. The van der Waals surface area contributed by atoms with Gasteiger partial charge in [-0.1, -0.05) is 29.3 Å². The van der Waals surface area contributed by atoms with Gasteiger partial charge in [0.1, 0.15) is 14.9 Å². The van der Waals surface area contributed by atoms with Crippen LogP contribution in [0, 0.1) is 6.92 Å². The fourth-order valence-electron chi connectivity index (χ4n) is 4.23. The number of nitrogens with one attached hydrogen (secondary N) is 1. The molecule has 7 nitrogen and oxygen atoms in total. The van der Waals surface area contributed by atoms with Crippen molar-refractivity contribution in [3.05, 3.63) is 94.0 Å². The molecule has 40 heavy (non-hydrogen) atoms. The van der Waals surface area contributed by atoms with Crippen LogP contribution in [-0.2, 0) is 10.1 Å². The second kappa shape index (κ2) is 10.2. The molecule has 12 heteroatoms. The number of aromatic nitrogens is 2. The Balaban J connectivity index is 1.27. The van der Waals surface area contributed by atoms with Crippen molar-refractivity contribution < 1.29 is 17.8 Å². The number of fused-ring (bicyclic) bond motifs is 2. The SMILES string of the molecule is Cc1ccc2nc(-c3ccc4nc(-c5ccc(NC(=O)c6ccc(Cl)c(Cl)c6)cc5)sc4c3)sc2c1S(=O)(=O)O. The molecule has 0 unspecified atom stereocenters. The lowest BCUT2D eigenvalue weighted by Crippen LogP contribution is -2.11. The van der Waals surface area contributed by atoms with Gasteiger partial charge in [-0.05, 0) is 79.2 Å². The van der Waals surface area contributed by atoms with Crippen LogP contribution in [0.2, 0.25) is 10.0 Å². The smallest absolute Gasteiger partial charge is 0.296 e. The molecule has 0 aliphatic rings. The summed E-state index contributed by atoms with van der Waals surface area (Å²) in [5.74, 6) is -0.299. The van der Waals surface area contributed by atoms with Gasteiger partial charge < -0.3 is 5.32 Å².